The Morgan fingerprint density at radius 1 is 1.00 bits per heavy atom. The van der Waals surface area contributed by atoms with Gasteiger partial charge in [0, 0.05) is 32.1 Å². The van der Waals surface area contributed by atoms with Crippen LogP contribution in [0, 0.1) is 0 Å². The van der Waals surface area contributed by atoms with Gasteiger partial charge in [0.25, 0.3) is 0 Å². The number of hydrogen-bond donors (Lipinski definition) is 1. The van der Waals surface area contributed by atoms with Crippen LogP contribution < -0.4 is 19.1 Å². The molecule has 0 bridgehead atoms. The van der Waals surface area contributed by atoms with Crippen LogP contribution in [0.1, 0.15) is 38.7 Å². The summed E-state index contributed by atoms with van der Waals surface area (Å²) in [5, 5.41) is 2.81. The molecule has 198 valence electrons. The number of benzene rings is 2. The van der Waals surface area contributed by atoms with Crippen molar-refractivity contribution < 1.29 is 27.5 Å². The fraction of sp³-hybridized carbons (Fsp3) is 0.462. The van der Waals surface area contributed by atoms with Crippen molar-refractivity contribution in [1.82, 2.24) is 10.2 Å². The van der Waals surface area contributed by atoms with Gasteiger partial charge in [-0.15, -0.1) is 0 Å². The van der Waals surface area contributed by atoms with Crippen LogP contribution in [0.3, 0.4) is 0 Å². The van der Waals surface area contributed by atoms with Crippen molar-refractivity contribution in [1.29, 1.82) is 0 Å². The molecule has 36 heavy (non-hydrogen) atoms. The number of hydrogen-bond acceptors (Lipinski definition) is 6. The van der Waals surface area contributed by atoms with Gasteiger partial charge in [-0.2, -0.15) is 0 Å². The normalized spacial score (nSPS) is 11.9. The van der Waals surface area contributed by atoms with Gasteiger partial charge < -0.3 is 19.7 Å². The molecule has 0 aliphatic carbocycles. The number of likely N-dealkylation sites (N-methyl/N-ethyl adjacent to an activating group) is 1. The largest absolute Gasteiger partial charge is 0.497 e. The predicted molar refractivity (Wildman–Crippen MR) is 141 cm³/mol. The van der Waals surface area contributed by atoms with Crippen molar-refractivity contribution in [2.45, 2.75) is 45.7 Å². The van der Waals surface area contributed by atoms with Gasteiger partial charge in [0.1, 0.15) is 17.5 Å². The Morgan fingerprint density at radius 2 is 1.64 bits per heavy atom. The van der Waals surface area contributed by atoms with Crippen LogP contribution in [0.25, 0.3) is 0 Å². The third-order valence-corrected chi connectivity index (χ3v) is 6.91. The minimum absolute atomic E-state index is 0.0792. The fourth-order valence-electron chi connectivity index (χ4n) is 3.95. The van der Waals surface area contributed by atoms with Gasteiger partial charge in [-0.1, -0.05) is 25.1 Å². The van der Waals surface area contributed by atoms with Crippen molar-refractivity contribution in [3.63, 3.8) is 0 Å². The minimum atomic E-state index is -3.58. The molecule has 2 aromatic carbocycles. The number of sulfonamides is 1. The number of nitrogens with one attached hydrogen (secondary N) is 1. The monoisotopic (exact) mass is 519 g/mol. The Hall–Kier alpha value is -3.27. The number of carbonyl (C=O) groups excluding carboxylic acids is 2. The van der Waals surface area contributed by atoms with Crippen LogP contribution >= 0.6 is 0 Å². The second-order valence-electron chi connectivity index (χ2n) is 8.33. The summed E-state index contributed by atoms with van der Waals surface area (Å²) in [5.41, 5.74) is 1.30. The molecule has 10 heteroatoms. The van der Waals surface area contributed by atoms with Crippen molar-refractivity contribution >= 4 is 27.5 Å². The summed E-state index contributed by atoms with van der Waals surface area (Å²) in [6.07, 6.45) is 1.94. The summed E-state index contributed by atoms with van der Waals surface area (Å²) >= 11 is 0. The van der Waals surface area contributed by atoms with E-state index in [1.165, 1.54) is 11.4 Å². The fourth-order valence-corrected chi connectivity index (χ4v) is 4.91. The molecule has 0 aliphatic rings. The molecule has 0 heterocycles. The summed E-state index contributed by atoms with van der Waals surface area (Å²) < 4.78 is 36.7. The lowest BCUT2D eigenvalue weighted by Crippen LogP contribution is -2.49. The second kappa shape index (κ2) is 13.7. The lowest BCUT2D eigenvalue weighted by Gasteiger charge is -2.31. The lowest BCUT2D eigenvalue weighted by atomic mass is 10.1. The summed E-state index contributed by atoms with van der Waals surface area (Å²) in [6, 6.07) is 13.5. The molecule has 2 aromatic rings. The zero-order chi connectivity index (χ0) is 26.7. The summed E-state index contributed by atoms with van der Waals surface area (Å²) in [6.45, 7) is 4.50. The minimum Gasteiger partial charge on any atom is -0.497 e. The summed E-state index contributed by atoms with van der Waals surface area (Å²) in [5.74, 6) is 0.753. The van der Waals surface area contributed by atoms with Gasteiger partial charge in [0.15, 0.2) is 0 Å². The van der Waals surface area contributed by atoms with E-state index < -0.39 is 16.1 Å². The SMILES string of the molecule is CCNC(=O)C(CC)N(Cc1cccc(OC)c1)C(=O)CCCN(c1cccc(OC)c1)S(C)(=O)=O. The topological polar surface area (TPSA) is 105 Å². The maximum absolute atomic E-state index is 13.4. The average molecular weight is 520 g/mol. The molecule has 1 N–H and O–H groups in total. The highest BCUT2D eigenvalue weighted by molar-refractivity contribution is 7.92. The predicted octanol–water partition coefficient (Wildman–Crippen LogP) is 3.19. The van der Waals surface area contributed by atoms with Crippen molar-refractivity contribution in [2.24, 2.45) is 0 Å². The van der Waals surface area contributed by atoms with Crippen LogP contribution in [-0.2, 0) is 26.2 Å². The number of methoxy groups -OCH3 is 2. The van der Waals surface area contributed by atoms with Gasteiger partial charge in [0.2, 0.25) is 21.8 Å². The molecule has 2 amide bonds. The zero-order valence-electron chi connectivity index (χ0n) is 21.7. The van der Waals surface area contributed by atoms with Crippen LogP contribution in [0.4, 0.5) is 5.69 Å². The number of nitrogens with zero attached hydrogens (tertiary/aromatic N) is 2. The first-order valence-electron chi connectivity index (χ1n) is 12.0. The van der Waals surface area contributed by atoms with E-state index in [0.29, 0.717) is 30.2 Å². The maximum Gasteiger partial charge on any atom is 0.242 e. The Bertz CT molecular complexity index is 1120. The molecular weight excluding hydrogens is 482 g/mol. The van der Waals surface area contributed by atoms with Crippen LogP contribution in [0.2, 0.25) is 0 Å². The first-order chi connectivity index (χ1) is 17.1. The highest BCUT2D eigenvalue weighted by Crippen LogP contribution is 2.24. The van der Waals surface area contributed by atoms with Gasteiger partial charge in [-0.3, -0.25) is 13.9 Å². The van der Waals surface area contributed by atoms with E-state index in [0.717, 1.165) is 11.8 Å². The van der Waals surface area contributed by atoms with Gasteiger partial charge >= 0.3 is 0 Å². The third-order valence-electron chi connectivity index (χ3n) is 5.72. The first kappa shape index (κ1) is 29.0. The highest BCUT2D eigenvalue weighted by atomic mass is 32.2. The van der Waals surface area contributed by atoms with Gasteiger partial charge in [-0.05, 0) is 49.6 Å². The van der Waals surface area contributed by atoms with Gasteiger partial charge in [0.05, 0.1) is 26.2 Å². The van der Waals surface area contributed by atoms with Crippen LogP contribution in [0.5, 0.6) is 11.5 Å². The van der Waals surface area contributed by atoms with Crippen molar-refractivity contribution in [3.8, 4) is 11.5 Å². The molecule has 1 atom stereocenters. The Kier molecular flexibility index (Phi) is 11.0. The Balaban J connectivity index is 2.23. The lowest BCUT2D eigenvalue weighted by molar-refractivity contribution is -0.141. The van der Waals surface area contributed by atoms with Crippen LogP contribution in [0.15, 0.2) is 48.5 Å². The number of carbonyl (C=O) groups is 2. The van der Waals surface area contributed by atoms with Crippen molar-refractivity contribution in [2.75, 3.05) is 37.9 Å². The Labute approximate surface area is 214 Å². The van der Waals surface area contributed by atoms with E-state index in [1.54, 1.807) is 36.3 Å². The maximum atomic E-state index is 13.4. The number of anilines is 1. The summed E-state index contributed by atoms with van der Waals surface area (Å²) in [7, 11) is -0.501. The second-order valence-corrected chi connectivity index (χ2v) is 10.2. The van der Waals surface area contributed by atoms with E-state index in [9.17, 15) is 18.0 Å². The average Bonchev–Trinajstić information content (AvgIpc) is 2.85. The van der Waals surface area contributed by atoms with E-state index in [1.807, 2.05) is 38.1 Å². The molecule has 9 nitrogen and oxygen atoms in total. The van der Waals surface area contributed by atoms with E-state index in [2.05, 4.69) is 5.32 Å². The summed E-state index contributed by atoms with van der Waals surface area (Å²) in [4.78, 5) is 27.7. The van der Waals surface area contributed by atoms with E-state index >= 15 is 0 Å². The quantitative estimate of drug-likeness (QED) is 0.411. The molecule has 0 aromatic heterocycles. The molecule has 2 rings (SSSR count). The number of amides is 2. The molecule has 0 radical (unpaired) electrons. The number of rotatable bonds is 14. The molecule has 0 fully saturated rings. The van der Waals surface area contributed by atoms with Gasteiger partial charge in [-0.25, -0.2) is 8.42 Å². The standard InChI is InChI=1S/C26H37N3O6S/c1-6-24(26(31)27-7-2)28(19-20-11-8-13-22(17-20)34-3)25(30)15-10-16-29(36(5,32)33)21-12-9-14-23(18-21)35-4/h8-9,11-14,17-18,24H,6-7,10,15-16,19H2,1-5H3,(H,27,31). The zero-order valence-corrected chi connectivity index (χ0v) is 22.5. The third kappa shape index (κ3) is 8.15. The molecule has 0 spiro atoms. The smallest absolute Gasteiger partial charge is 0.242 e. The first-order valence-corrected chi connectivity index (χ1v) is 13.8. The van der Waals surface area contributed by atoms with Crippen molar-refractivity contribution in [3.05, 3.63) is 54.1 Å². The van der Waals surface area contributed by atoms with Crippen LogP contribution in [-0.4, -0.2) is 64.7 Å². The highest BCUT2D eigenvalue weighted by Gasteiger charge is 2.28. The number of ether oxygens (including phenoxy) is 2. The molecule has 1 unspecified atom stereocenters. The van der Waals surface area contributed by atoms with E-state index in [-0.39, 0.29) is 37.7 Å². The molecule has 0 aliphatic heterocycles. The van der Waals surface area contributed by atoms with E-state index in [4.69, 9.17) is 9.47 Å². The Morgan fingerprint density at radius 3 is 2.22 bits per heavy atom. The molecule has 0 saturated heterocycles. The molecular formula is C26H37N3O6S. The molecule has 0 saturated carbocycles.